The Morgan fingerprint density at radius 1 is 1.33 bits per heavy atom. The molecule has 0 aromatic carbocycles. The molecular weight excluding hydrogens is 194 g/mol. The second-order valence-electron chi connectivity index (χ2n) is 3.55. The van der Waals surface area contributed by atoms with Crippen LogP contribution < -0.4 is 0 Å². The monoisotopic (exact) mass is 215 g/mol. The Kier molecular flexibility index (Phi) is 7.95. The van der Waals surface area contributed by atoms with Crippen molar-refractivity contribution in [1.29, 1.82) is 0 Å². The second-order valence-corrected chi connectivity index (χ2v) is 3.55. The summed E-state index contributed by atoms with van der Waals surface area (Å²) in [6.07, 6.45) is 0.410. The van der Waals surface area contributed by atoms with Crippen LogP contribution in [0.15, 0.2) is 12.2 Å². The number of hydrogen-bond donors (Lipinski definition) is 0. The van der Waals surface area contributed by atoms with Crippen molar-refractivity contribution in [1.82, 2.24) is 4.90 Å². The van der Waals surface area contributed by atoms with E-state index in [1.807, 2.05) is 6.92 Å². The number of carbonyl (C=O) groups is 1. The summed E-state index contributed by atoms with van der Waals surface area (Å²) in [6, 6.07) is 0. The molecule has 0 rings (SSSR count). The Balaban J connectivity index is 3.88. The fourth-order valence-electron chi connectivity index (χ4n) is 1.22. The molecule has 0 heterocycles. The van der Waals surface area contributed by atoms with Crippen LogP contribution in [-0.4, -0.2) is 51.3 Å². The van der Waals surface area contributed by atoms with Crippen LogP contribution in [0.5, 0.6) is 0 Å². The van der Waals surface area contributed by atoms with E-state index < -0.39 is 0 Å². The first kappa shape index (κ1) is 14.1. The third-order valence-electron chi connectivity index (χ3n) is 1.96. The Morgan fingerprint density at radius 3 is 2.47 bits per heavy atom. The Labute approximate surface area is 91.8 Å². The summed E-state index contributed by atoms with van der Waals surface area (Å²) in [5.41, 5.74) is 1.08. The average Bonchev–Trinajstić information content (AvgIpc) is 2.20. The maximum absolute atomic E-state index is 11.0. The SMILES string of the molecule is C=C(C)CN(CCOC)CCC(=O)OC. The third-order valence-corrected chi connectivity index (χ3v) is 1.96. The molecule has 0 N–H and O–H groups in total. The van der Waals surface area contributed by atoms with Crippen LogP contribution in [0.3, 0.4) is 0 Å². The topological polar surface area (TPSA) is 38.8 Å². The molecule has 4 heteroatoms. The van der Waals surface area contributed by atoms with Crippen LogP contribution in [0.4, 0.5) is 0 Å². The smallest absolute Gasteiger partial charge is 0.306 e. The summed E-state index contributed by atoms with van der Waals surface area (Å²) < 4.78 is 9.59. The van der Waals surface area contributed by atoms with Crippen LogP contribution in [0.25, 0.3) is 0 Å². The molecule has 0 saturated carbocycles. The Hall–Kier alpha value is -0.870. The quantitative estimate of drug-likeness (QED) is 0.448. The molecule has 0 aliphatic carbocycles. The van der Waals surface area contributed by atoms with Crippen molar-refractivity contribution < 1.29 is 14.3 Å². The first-order valence-corrected chi connectivity index (χ1v) is 5.02. The highest BCUT2D eigenvalue weighted by molar-refractivity contribution is 5.69. The van der Waals surface area contributed by atoms with E-state index in [0.717, 1.165) is 18.7 Å². The first-order chi connectivity index (χ1) is 7.10. The highest BCUT2D eigenvalue weighted by Gasteiger charge is 2.08. The van der Waals surface area contributed by atoms with Gasteiger partial charge >= 0.3 is 5.97 Å². The lowest BCUT2D eigenvalue weighted by molar-refractivity contribution is -0.141. The minimum atomic E-state index is -0.181. The largest absolute Gasteiger partial charge is 0.469 e. The van der Waals surface area contributed by atoms with E-state index in [4.69, 9.17) is 4.74 Å². The predicted molar refractivity (Wildman–Crippen MR) is 59.8 cm³/mol. The Bertz CT molecular complexity index is 204. The zero-order chi connectivity index (χ0) is 11.7. The summed E-state index contributed by atoms with van der Waals surface area (Å²) in [6.45, 7) is 8.76. The van der Waals surface area contributed by atoms with Gasteiger partial charge in [0.25, 0.3) is 0 Å². The van der Waals surface area contributed by atoms with Crippen molar-refractivity contribution in [2.24, 2.45) is 0 Å². The van der Waals surface area contributed by atoms with Gasteiger partial charge in [-0.25, -0.2) is 0 Å². The van der Waals surface area contributed by atoms with Gasteiger partial charge in [0.05, 0.1) is 20.1 Å². The van der Waals surface area contributed by atoms with Gasteiger partial charge in [0.1, 0.15) is 0 Å². The molecular formula is C11H21NO3. The molecule has 0 amide bonds. The van der Waals surface area contributed by atoms with Crippen molar-refractivity contribution >= 4 is 5.97 Å². The van der Waals surface area contributed by atoms with Gasteiger partial charge in [-0.1, -0.05) is 12.2 Å². The fraction of sp³-hybridized carbons (Fsp3) is 0.727. The molecule has 0 atom stereocenters. The van der Waals surface area contributed by atoms with E-state index in [2.05, 4.69) is 16.2 Å². The number of hydrogen-bond acceptors (Lipinski definition) is 4. The molecule has 0 saturated heterocycles. The third kappa shape index (κ3) is 8.15. The van der Waals surface area contributed by atoms with E-state index in [9.17, 15) is 4.79 Å². The lowest BCUT2D eigenvalue weighted by atomic mass is 10.3. The fourth-order valence-corrected chi connectivity index (χ4v) is 1.22. The zero-order valence-corrected chi connectivity index (χ0v) is 9.91. The van der Waals surface area contributed by atoms with Gasteiger partial charge in [0.15, 0.2) is 0 Å². The van der Waals surface area contributed by atoms with Crippen LogP contribution in [0, 0.1) is 0 Å². The lowest BCUT2D eigenvalue weighted by Gasteiger charge is -2.21. The molecule has 0 spiro atoms. The van der Waals surface area contributed by atoms with Crippen molar-refractivity contribution in [3.63, 3.8) is 0 Å². The standard InChI is InChI=1S/C11H21NO3/c1-10(2)9-12(7-8-14-3)6-5-11(13)15-4/h1,5-9H2,2-4H3. The van der Waals surface area contributed by atoms with Crippen LogP contribution >= 0.6 is 0 Å². The molecule has 0 fully saturated rings. The number of rotatable bonds is 8. The molecule has 88 valence electrons. The summed E-state index contributed by atoms with van der Waals surface area (Å²) in [4.78, 5) is 13.1. The van der Waals surface area contributed by atoms with Crippen molar-refractivity contribution in [2.75, 3.05) is 40.5 Å². The number of ether oxygens (including phenoxy) is 2. The minimum absolute atomic E-state index is 0.181. The number of carbonyl (C=O) groups excluding carboxylic acids is 1. The number of methoxy groups -OCH3 is 2. The maximum Gasteiger partial charge on any atom is 0.306 e. The lowest BCUT2D eigenvalue weighted by Crippen LogP contribution is -2.31. The molecule has 0 unspecified atom stereocenters. The van der Waals surface area contributed by atoms with E-state index in [1.54, 1.807) is 7.11 Å². The van der Waals surface area contributed by atoms with Crippen molar-refractivity contribution in [3.8, 4) is 0 Å². The molecule has 0 aromatic rings. The molecule has 0 aromatic heterocycles. The molecule has 0 radical (unpaired) electrons. The summed E-state index contributed by atoms with van der Waals surface area (Å²) in [5, 5.41) is 0. The highest BCUT2D eigenvalue weighted by Crippen LogP contribution is 1.98. The molecule has 0 aliphatic heterocycles. The molecule has 4 nitrogen and oxygen atoms in total. The van der Waals surface area contributed by atoms with Crippen LogP contribution in [0.2, 0.25) is 0 Å². The minimum Gasteiger partial charge on any atom is -0.469 e. The highest BCUT2D eigenvalue weighted by atomic mass is 16.5. The van der Waals surface area contributed by atoms with Gasteiger partial charge in [-0.15, -0.1) is 0 Å². The first-order valence-electron chi connectivity index (χ1n) is 5.02. The molecule has 15 heavy (non-hydrogen) atoms. The van der Waals surface area contributed by atoms with Crippen LogP contribution in [0.1, 0.15) is 13.3 Å². The van der Waals surface area contributed by atoms with E-state index in [1.165, 1.54) is 7.11 Å². The number of nitrogens with zero attached hydrogens (tertiary/aromatic N) is 1. The van der Waals surface area contributed by atoms with Gasteiger partial charge in [-0.05, 0) is 6.92 Å². The summed E-state index contributed by atoms with van der Waals surface area (Å²) >= 11 is 0. The average molecular weight is 215 g/mol. The van der Waals surface area contributed by atoms with Crippen molar-refractivity contribution in [3.05, 3.63) is 12.2 Å². The zero-order valence-electron chi connectivity index (χ0n) is 9.91. The van der Waals surface area contributed by atoms with Gasteiger partial charge in [0.2, 0.25) is 0 Å². The normalized spacial score (nSPS) is 10.4. The van der Waals surface area contributed by atoms with Crippen LogP contribution in [-0.2, 0) is 14.3 Å². The van der Waals surface area contributed by atoms with E-state index >= 15 is 0 Å². The van der Waals surface area contributed by atoms with E-state index in [-0.39, 0.29) is 5.97 Å². The molecule has 0 aliphatic rings. The van der Waals surface area contributed by atoms with E-state index in [0.29, 0.717) is 19.6 Å². The Morgan fingerprint density at radius 2 is 2.00 bits per heavy atom. The van der Waals surface area contributed by atoms with Gasteiger partial charge in [0, 0.05) is 26.7 Å². The van der Waals surface area contributed by atoms with Gasteiger partial charge in [-0.2, -0.15) is 0 Å². The van der Waals surface area contributed by atoms with Gasteiger partial charge < -0.3 is 9.47 Å². The summed E-state index contributed by atoms with van der Waals surface area (Å²) in [5.74, 6) is -0.181. The van der Waals surface area contributed by atoms with Gasteiger partial charge in [-0.3, -0.25) is 9.69 Å². The predicted octanol–water partition coefficient (Wildman–Crippen LogP) is 1.07. The van der Waals surface area contributed by atoms with Crippen molar-refractivity contribution in [2.45, 2.75) is 13.3 Å². The number of esters is 1. The second kappa shape index (κ2) is 8.44. The molecule has 0 bridgehead atoms. The maximum atomic E-state index is 11.0. The summed E-state index contributed by atoms with van der Waals surface area (Å²) in [7, 11) is 3.07.